The Morgan fingerprint density at radius 3 is 2.65 bits per heavy atom. The van der Waals surface area contributed by atoms with Crippen LogP contribution in [0.2, 0.25) is 10.0 Å². The van der Waals surface area contributed by atoms with Crippen molar-refractivity contribution in [1.82, 2.24) is 0 Å². The fraction of sp³-hybridized carbons (Fsp3) is 0.455. The van der Waals surface area contributed by atoms with Crippen LogP contribution < -0.4 is 0 Å². The van der Waals surface area contributed by atoms with Gasteiger partial charge in [0, 0.05) is 18.6 Å². The van der Waals surface area contributed by atoms with Crippen molar-refractivity contribution in [3.05, 3.63) is 33.8 Å². The average molecular weight is 285 g/mol. The molecule has 0 heterocycles. The van der Waals surface area contributed by atoms with Crippen molar-refractivity contribution in [1.29, 1.82) is 0 Å². The molecule has 0 saturated heterocycles. The van der Waals surface area contributed by atoms with Gasteiger partial charge in [-0.3, -0.25) is 0 Å². The van der Waals surface area contributed by atoms with Crippen molar-refractivity contribution in [2.45, 2.75) is 19.0 Å². The van der Waals surface area contributed by atoms with E-state index in [-0.39, 0.29) is 18.1 Å². The second-order valence-electron chi connectivity index (χ2n) is 3.41. The van der Waals surface area contributed by atoms with Gasteiger partial charge in [-0.25, -0.2) is 8.78 Å². The summed E-state index contributed by atoms with van der Waals surface area (Å²) in [4.78, 5) is 0. The lowest BCUT2D eigenvalue weighted by Gasteiger charge is -2.13. The van der Waals surface area contributed by atoms with Crippen molar-refractivity contribution < 1.29 is 18.6 Å². The summed E-state index contributed by atoms with van der Waals surface area (Å²) in [6.45, 7) is -0.593. The second kappa shape index (κ2) is 7.11. The van der Waals surface area contributed by atoms with Gasteiger partial charge in [0.2, 0.25) is 0 Å². The molecule has 2 nitrogen and oxygen atoms in total. The third kappa shape index (κ3) is 4.76. The van der Waals surface area contributed by atoms with Gasteiger partial charge in [0.05, 0.1) is 16.1 Å². The van der Waals surface area contributed by atoms with E-state index in [1.807, 2.05) is 0 Å². The van der Waals surface area contributed by atoms with E-state index in [0.29, 0.717) is 10.6 Å². The third-order valence-electron chi connectivity index (χ3n) is 2.12. The number of aliphatic hydroxyl groups excluding tert-OH is 1. The first-order valence-corrected chi connectivity index (χ1v) is 5.76. The normalized spacial score (nSPS) is 13.1. The summed E-state index contributed by atoms with van der Waals surface area (Å²) in [7, 11) is 0. The quantitative estimate of drug-likeness (QED) is 0.807. The van der Waals surface area contributed by atoms with Crippen molar-refractivity contribution in [2.75, 3.05) is 13.2 Å². The maximum atomic E-state index is 11.8. The molecule has 1 rings (SSSR count). The standard InChI is InChI=1S/C11H12Cl2F2O2/c12-8-3-1-2-7(11(8)13)9(16)4-5-17-6-10(14)15/h1-3,9-10,16H,4-6H2. The summed E-state index contributed by atoms with van der Waals surface area (Å²) in [6, 6.07) is 4.90. The first-order chi connectivity index (χ1) is 8.02. The van der Waals surface area contributed by atoms with E-state index < -0.39 is 19.1 Å². The summed E-state index contributed by atoms with van der Waals surface area (Å²) >= 11 is 11.7. The molecule has 6 heteroatoms. The molecule has 1 aromatic rings. The van der Waals surface area contributed by atoms with Crippen molar-refractivity contribution in [2.24, 2.45) is 0 Å². The van der Waals surface area contributed by atoms with Crippen LogP contribution in [-0.4, -0.2) is 24.7 Å². The molecule has 0 amide bonds. The molecule has 0 bridgehead atoms. The Balaban J connectivity index is 2.47. The number of alkyl halides is 2. The monoisotopic (exact) mass is 284 g/mol. The summed E-state index contributed by atoms with van der Waals surface area (Å²) in [5.41, 5.74) is 0.472. The summed E-state index contributed by atoms with van der Waals surface area (Å²) in [6.07, 6.45) is -3.19. The van der Waals surface area contributed by atoms with Crippen LogP contribution in [0.25, 0.3) is 0 Å². The van der Waals surface area contributed by atoms with E-state index in [9.17, 15) is 13.9 Å². The average Bonchev–Trinajstić information content (AvgIpc) is 2.27. The Morgan fingerprint density at radius 2 is 2.00 bits per heavy atom. The molecule has 0 saturated carbocycles. The molecule has 0 aliphatic rings. The number of benzene rings is 1. The molecule has 0 aliphatic heterocycles. The van der Waals surface area contributed by atoms with Crippen LogP contribution in [-0.2, 0) is 4.74 Å². The molecular formula is C11H12Cl2F2O2. The Hall–Kier alpha value is -0.420. The van der Waals surface area contributed by atoms with Crippen LogP contribution in [0.5, 0.6) is 0 Å². The van der Waals surface area contributed by atoms with Gasteiger partial charge in [-0.05, 0) is 6.07 Å². The van der Waals surface area contributed by atoms with E-state index in [2.05, 4.69) is 4.74 Å². The molecule has 1 unspecified atom stereocenters. The molecule has 0 fully saturated rings. The summed E-state index contributed by atoms with van der Waals surface area (Å²) < 4.78 is 28.2. The zero-order valence-corrected chi connectivity index (χ0v) is 10.4. The zero-order valence-electron chi connectivity index (χ0n) is 8.88. The van der Waals surface area contributed by atoms with Gasteiger partial charge in [0.1, 0.15) is 6.61 Å². The van der Waals surface area contributed by atoms with E-state index >= 15 is 0 Å². The van der Waals surface area contributed by atoms with Crippen LogP contribution in [0.1, 0.15) is 18.1 Å². The Kier molecular flexibility index (Phi) is 6.12. The topological polar surface area (TPSA) is 29.5 Å². The highest BCUT2D eigenvalue weighted by Crippen LogP contribution is 2.31. The first-order valence-electron chi connectivity index (χ1n) is 5.00. The predicted octanol–water partition coefficient (Wildman–Crippen LogP) is 3.70. The molecule has 0 spiro atoms. The van der Waals surface area contributed by atoms with Gasteiger partial charge in [-0.15, -0.1) is 0 Å². The highest BCUT2D eigenvalue weighted by molar-refractivity contribution is 6.42. The van der Waals surface area contributed by atoms with Crippen molar-refractivity contribution in [3.8, 4) is 0 Å². The lowest BCUT2D eigenvalue weighted by atomic mass is 10.1. The second-order valence-corrected chi connectivity index (χ2v) is 4.20. The number of aliphatic hydroxyl groups is 1. The zero-order chi connectivity index (χ0) is 12.8. The highest BCUT2D eigenvalue weighted by atomic mass is 35.5. The SMILES string of the molecule is OC(CCOCC(F)F)c1cccc(Cl)c1Cl. The van der Waals surface area contributed by atoms with E-state index in [4.69, 9.17) is 23.2 Å². The smallest absolute Gasteiger partial charge is 0.261 e. The van der Waals surface area contributed by atoms with Gasteiger partial charge >= 0.3 is 0 Å². The molecule has 1 atom stereocenters. The van der Waals surface area contributed by atoms with Gasteiger partial charge in [0.15, 0.2) is 0 Å². The van der Waals surface area contributed by atoms with Crippen LogP contribution in [0.4, 0.5) is 8.78 Å². The largest absolute Gasteiger partial charge is 0.388 e. The maximum Gasteiger partial charge on any atom is 0.261 e. The minimum atomic E-state index is -2.50. The minimum Gasteiger partial charge on any atom is -0.388 e. The van der Waals surface area contributed by atoms with Gasteiger partial charge in [0.25, 0.3) is 6.43 Å². The molecule has 1 N–H and O–H groups in total. The minimum absolute atomic E-state index is 0.0361. The summed E-state index contributed by atoms with van der Waals surface area (Å²) in [5.74, 6) is 0. The van der Waals surface area contributed by atoms with Crippen LogP contribution in [0.3, 0.4) is 0 Å². The number of hydrogen-bond acceptors (Lipinski definition) is 2. The van der Waals surface area contributed by atoms with Gasteiger partial charge < -0.3 is 9.84 Å². The molecule has 0 aromatic heterocycles. The fourth-order valence-electron chi connectivity index (χ4n) is 1.30. The maximum absolute atomic E-state index is 11.8. The molecule has 1 aromatic carbocycles. The molecular weight excluding hydrogens is 273 g/mol. The van der Waals surface area contributed by atoms with Crippen molar-refractivity contribution >= 4 is 23.2 Å². The number of rotatable bonds is 6. The molecule has 0 radical (unpaired) electrons. The van der Waals surface area contributed by atoms with Crippen molar-refractivity contribution in [3.63, 3.8) is 0 Å². The van der Waals surface area contributed by atoms with Crippen LogP contribution in [0, 0.1) is 0 Å². The third-order valence-corrected chi connectivity index (χ3v) is 2.95. The van der Waals surface area contributed by atoms with Gasteiger partial charge in [-0.1, -0.05) is 35.3 Å². The van der Waals surface area contributed by atoms with E-state index in [1.165, 1.54) is 0 Å². The predicted molar refractivity (Wildman–Crippen MR) is 62.9 cm³/mol. The Labute approximate surface area is 108 Å². The molecule has 96 valence electrons. The number of ether oxygens (including phenoxy) is 1. The fourth-order valence-corrected chi connectivity index (χ4v) is 1.73. The van der Waals surface area contributed by atoms with Crippen LogP contribution in [0.15, 0.2) is 18.2 Å². The number of halogens is 4. The van der Waals surface area contributed by atoms with E-state index in [0.717, 1.165) is 0 Å². The molecule has 17 heavy (non-hydrogen) atoms. The van der Waals surface area contributed by atoms with E-state index in [1.54, 1.807) is 18.2 Å². The first kappa shape index (κ1) is 14.6. The molecule has 0 aliphatic carbocycles. The number of hydrogen-bond donors (Lipinski definition) is 1. The Morgan fingerprint density at radius 1 is 1.29 bits per heavy atom. The van der Waals surface area contributed by atoms with Crippen LogP contribution >= 0.6 is 23.2 Å². The lowest BCUT2D eigenvalue weighted by molar-refractivity contribution is 0.00482. The van der Waals surface area contributed by atoms with Gasteiger partial charge in [-0.2, -0.15) is 0 Å². The highest BCUT2D eigenvalue weighted by Gasteiger charge is 2.13. The Bertz CT molecular complexity index is 361. The lowest BCUT2D eigenvalue weighted by Crippen LogP contribution is -2.08. The summed E-state index contributed by atoms with van der Waals surface area (Å²) in [5, 5.41) is 10.4.